The number of carbonyl (C=O) groups is 2. The first-order valence-electron chi connectivity index (χ1n) is 7.65. The Balaban J connectivity index is 1.87. The summed E-state index contributed by atoms with van der Waals surface area (Å²) in [4.78, 5) is 24.0. The van der Waals surface area contributed by atoms with Crippen LogP contribution in [0.1, 0.15) is 24.5 Å². The van der Waals surface area contributed by atoms with Crippen molar-refractivity contribution >= 4 is 27.4 Å². The predicted molar refractivity (Wildman–Crippen MR) is 91.1 cm³/mol. The Hall–Kier alpha value is -2.15. The van der Waals surface area contributed by atoms with E-state index in [0.29, 0.717) is 5.69 Å². The second kappa shape index (κ2) is 7.17. The molecule has 6 nitrogen and oxygen atoms in total. The number of ether oxygens (including phenoxy) is 1. The molecule has 0 saturated heterocycles. The molecule has 1 N–H and O–H groups in total. The van der Waals surface area contributed by atoms with Crippen molar-refractivity contribution in [2.75, 3.05) is 11.1 Å². The van der Waals surface area contributed by atoms with E-state index in [1.807, 2.05) is 26.0 Å². The van der Waals surface area contributed by atoms with Gasteiger partial charge in [0.15, 0.2) is 15.9 Å². The van der Waals surface area contributed by atoms with E-state index in [0.717, 1.165) is 16.5 Å². The van der Waals surface area contributed by atoms with Crippen molar-refractivity contribution in [2.45, 2.75) is 33.3 Å². The van der Waals surface area contributed by atoms with Crippen molar-refractivity contribution in [2.24, 2.45) is 5.92 Å². The fourth-order valence-corrected chi connectivity index (χ4v) is 3.87. The van der Waals surface area contributed by atoms with Crippen LogP contribution in [0.15, 0.2) is 29.7 Å². The number of sulfone groups is 1. The minimum Gasteiger partial charge on any atom is -0.453 e. The summed E-state index contributed by atoms with van der Waals surface area (Å²) in [6.45, 7) is 5.32. The third kappa shape index (κ3) is 4.92. The Morgan fingerprint density at radius 2 is 2.04 bits per heavy atom. The monoisotopic (exact) mass is 351 g/mol. The molecule has 1 aromatic carbocycles. The van der Waals surface area contributed by atoms with Gasteiger partial charge in [-0.3, -0.25) is 9.59 Å². The lowest BCUT2D eigenvalue weighted by atomic mass is 10.1. The van der Waals surface area contributed by atoms with Gasteiger partial charge in [0, 0.05) is 17.0 Å². The SMILES string of the molecule is Cc1ccc(NC(=O)[C@H](C)OC(=O)C[C@H]2C=CS(=O)(=O)C2)c(C)c1. The van der Waals surface area contributed by atoms with Crippen LogP contribution >= 0.6 is 0 Å². The van der Waals surface area contributed by atoms with Crippen LogP contribution in [0.4, 0.5) is 5.69 Å². The third-order valence-electron chi connectivity index (χ3n) is 3.75. The lowest BCUT2D eigenvalue weighted by Crippen LogP contribution is -2.30. The molecule has 0 aromatic heterocycles. The van der Waals surface area contributed by atoms with Gasteiger partial charge >= 0.3 is 5.97 Å². The summed E-state index contributed by atoms with van der Waals surface area (Å²) in [7, 11) is -3.20. The highest BCUT2D eigenvalue weighted by Gasteiger charge is 2.26. The van der Waals surface area contributed by atoms with Crippen LogP contribution in [0.3, 0.4) is 0 Å². The molecule has 1 aliphatic rings. The van der Waals surface area contributed by atoms with E-state index in [-0.39, 0.29) is 12.2 Å². The number of benzene rings is 1. The molecule has 0 spiro atoms. The number of aryl methyl sites for hydroxylation is 2. The molecule has 2 atom stereocenters. The quantitative estimate of drug-likeness (QED) is 0.821. The summed E-state index contributed by atoms with van der Waals surface area (Å²) >= 11 is 0. The fourth-order valence-electron chi connectivity index (χ4n) is 2.47. The summed E-state index contributed by atoms with van der Waals surface area (Å²) in [5.74, 6) is -1.50. The molecule has 0 aliphatic carbocycles. The molecule has 130 valence electrons. The molecule has 1 amide bonds. The number of anilines is 1. The first-order chi connectivity index (χ1) is 11.2. The number of allylic oxidation sites excluding steroid dienone is 1. The maximum atomic E-state index is 12.1. The van der Waals surface area contributed by atoms with Gasteiger partial charge in [0.1, 0.15) is 0 Å². The Bertz CT molecular complexity index is 782. The van der Waals surface area contributed by atoms with Crippen LogP contribution in [0.2, 0.25) is 0 Å². The van der Waals surface area contributed by atoms with Gasteiger partial charge in [0.05, 0.1) is 12.2 Å². The van der Waals surface area contributed by atoms with Gasteiger partial charge in [-0.25, -0.2) is 8.42 Å². The molecular weight excluding hydrogens is 330 g/mol. The first-order valence-corrected chi connectivity index (χ1v) is 9.36. The number of hydrogen-bond donors (Lipinski definition) is 1. The molecule has 0 bridgehead atoms. The number of esters is 1. The number of amides is 1. The van der Waals surface area contributed by atoms with Gasteiger partial charge in [-0.1, -0.05) is 23.8 Å². The fraction of sp³-hybridized carbons (Fsp3) is 0.412. The molecule has 0 fully saturated rings. The van der Waals surface area contributed by atoms with Gasteiger partial charge < -0.3 is 10.1 Å². The molecule has 2 rings (SSSR count). The average Bonchev–Trinajstić information content (AvgIpc) is 2.80. The van der Waals surface area contributed by atoms with E-state index in [2.05, 4.69) is 5.32 Å². The van der Waals surface area contributed by atoms with Crippen molar-refractivity contribution in [3.05, 3.63) is 40.8 Å². The van der Waals surface area contributed by atoms with Crippen LogP contribution in [0, 0.1) is 19.8 Å². The molecule has 1 aliphatic heterocycles. The minimum atomic E-state index is -3.20. The van der Waals surface area contributed by atoms with Crippen molar-refractivity contribution in [3.8, 4) is 0 Å². The molecule has 0 saturated carbocycles. The molecule has 24 heavy (non-hydrogen) atoms. The van der Waals surface area contributed by atoms with E-state index >= 15 is 0 Å². The molecule has 0 unspecified atom stereocenters. The average molecular weight is 351 g/mol. The number of rotatable bonds is 5. The zero-order chi connectivity index (χ0) is 17.9. The van der Waals surface area contributed by atoms with Crippen LogP contribution in [-0.4, -0.2) is 32.2 Å². The first kappa shape index (κ1) is 18.2. The summed E-state index contributed by atoms with van der Waals surface area (Å²) < 4.78 is 27.7. The van der Waals surface area contributed by atoms with E-state index in [1.54, 1.807) is 6.07 Å². The van der Waals surface area contributed by atoms with E-state index in [9.17, 15) is 18.0 Å². The lowest BCUT2D eigenvalue weighted by Gasteiger charge is -2.15. The summed E-state index contributed by atoms with van der Waals surface area (Å²) in [5, 5.41) is 3.84. The zero-order valence-corrected chi connectivity index (χ0v) is 14.7. The minimum absolute atomic E-state index is 0.0586. The number of carbonyl (C=O) groups excluding carboxylic acids is 2. The van der Waals surface area contributed by atoms with Crippen molar-refractivity contribution in [3.63, 3.8) is 0 Å². The smallest absolute Gasteiger partial charge is 0.307 e. The normalized spacial score (nSPS) is 19.7. The van der Waals surface area contributed by atoms with Gasteiger partial charge in [0.2, 0.25) is 0 Å². The van der Waals surface area contributed by atoms with E-state index in [4.69, 9.17) is 4.74 Å². The van der Waals surface area contributed by atoms with Crippen molar-refractivity contribution in [1.82, 2.24) is 0 Å². The Kier molecular flexibility index (Phi) is 5.43. The highest BCUT2D eigenvalue weighted by atomic mass is 32.2. The zero-order valence-electron chi connectivity index (χ0n) is 13.9. The highest BCUT2D eigenvalue weighted by molar-refractivity contribution is 7.94. The molecular formula is C17H21NO5S. The standard InChI is InChI=1S/C17H21NO5S/c1-11-4-5-15(12(2)8-11)18-17(20)13(3)23-16(19)9-14-6-7-24(21,22)10-14/h4-8,13-14H,9-10H2,1-3H3,(H,18,20)/t13-,14+/m0/s1. The lowest BCUT2D eigenvalue weighted by molar-refractivity contribution is -0.153. The summed E-state index contributed by atoms with van der Waals surface area (Å²) in [6, 6.07) is 5.62. The van der Waals surface area contributed by atoms with Crippen molar-refractivity contribution in [1.29, 1.82) is 0 Å². The Morgan fingerprint density at radius 1 is 1.33 bits per heavy atom. The van der Waals surface area contributed by atoms with Crippen LogP contribution in [0.5, 0.6) is 0 Å². The second-order valence-corrected chi connectivity index (χ2v) is 7.99. The van der Waals surface area contributed by atoms with Gasteiger partial charge in [-0.2, -0.15) is 0 Å². The largest absolute Gasteiger partial charge is 0.453 e. The second-order valence-electron chi connectivity index (χ2n) is 6.06. The molecule has 1 aromatic rings. The van der Waals surface area contributed by atoms with Gasteiger partial charge in [0.25, 0.3) is 5.91 Å². The summed E-state index contributed by atoms with van der Waals surface area (Å²) in [6.07, 6.45) is 0.466. The van der Waals surface area contributed by atoms with Crippen molar-refractivity contribution < 1.29 is 22.7 Å². The molecule has 1 heterocycles. The number of nitrogens with one attached hydrogen (secondary N) is 1. The third-order valence-corrected chi connectivity index (χ3v) is 5.22. The molecule has 7 heteroatoms. The highest BCUT2D eigenvalue weighted by Crippen LogP contribution is 2.20. The van der Waals surface area contributed by atoms with Gasteiger partial charge in [-0.15, -0.1) is 0 Å². The van der Waals surface area contributed by atoms with Crippen LogP contribution < -0.4 is 5.32 Å². The van der Waals surface area contributed by atoms with E-state index < -0.39 is 33.7 Å². The maximum Gasteiger partial charge on any atom is 0.307 e. The Labute approximate surface area is 141 Å². The van der Waals surface area contributed by atoms with Crippen LogP contribution in [0.25, 0.3) is 0 Å². The predicted octanol–water partition coefficient (Wildman–Crippen LogP) is 2.12. The Morgan fingerprint density at radius 3 is 2.62 bits per heavy atom. The van der Waals surface area contributed by atoms with Crippen LogP contribution in [-0.2, 0) is 24.2 Å². The number of hydrogen-bond acceptors (Lipinski definition) is 5. The topological polar surface area (TPSA) is 89.5 Å². The summed E-state index contributed by atoms with van der Waals surface area (Å²) in [5.41, 5.74) is 2.67. The molecule has 0 radical (unpaired) electrons. The van der Waals surface area contributed by atoms with Gasteiger partial charge in [-0.05, 0) is 32.4 Å². The van der Waals surface area contributed by atoms with E-state index in [1.165, 1.54) is 13.0 Å². The maximum absolute atomic E-state index is 12.1.